The van der Waals surface area contributed by atoms with Gasteiger partial charge in [-0.2, -0.15) is 0 Å². The van der Waals surface area contributed by atoms with E-state index in [2.05, 4.69) is 40.0 Å². The Labute approximate surface area is 109 Å². The van der Waals surface area contributed by atoms with E-state index in [1.807, 2.05) is 13.1 Å². The van der Waals surface area contributed by atoms with Crippen LogP contribution in [0, 0.1) is 6.92 Å². The van der Waals surface area contributed by atoms with Crippen molar-refractivity contribution in [3.8, 4) is 0 Å². The summed E-state index contributed by atoms with van der Waals surface area (Å²) in [6, 6.07) is 8.27. The zero-order valence-electron chi connectivity index (χ0n) is 10.2. The molecule has 5 heteroatoms. The van der Waals surface area contributed by atoms with Crippen molar-refractivity contribution in [1.82, 2.24) is 14.9 Å². The maximum atomic E-state index is 5.89. The number of hydrogen-bond donors (Lipinski definition) is 1. The molecule has 0 aliphatic carbocycles. The second kappa shape index (κ2) is 4.51. The predicted octanol–water partition coefficient (Wildman–Crippen LogP) is 2.90. The van der Waals surface area contributed by atoms with Crippen molar-refractivity contribution in [2.45, 2.75) is 13.0 Å². The lowest BCUT2D eigenvalue weighted by Gasteiger charge is -2.09. The first-order valence-corrected chi connectivity index (χ1v) is 6.50. The van der Waals surface area contributed by atoms with Gasteiger partial charge >= 0.3 is 0 Å². The van der Waals surface area contributed by atoms with Gasteiger partial charge in [-0.25, -0.2) is 0 Å². The van der Waals surface area contributed by atoms with Crippen LogP contribution in [0.3, 0.4) is 0 Å². The van der Waals surface area contributed by atoms with E-state index in [1.165, 1.54) is 17.1 Å². The second-order valence-electron chi connectivity index (χ2n) is 4.23. The molecule has 0 amide bonds. The monoisotopic (exact) mass is 259 g/mol. The minimum Gasteiger partial charge on any atom is -0.459 e. The van der Waals surface area contributed by atoms with Gasteiger partial charge in [-0.1, -0.05) is 16.1 Å². The van der Waals surface area contributed by atoms with Gasteiger partial charge in [0.1, 0.15) is 17.4 Å². The smallest absolute Gasteiger partial charge is 0.134 e. The van der Waals surface area contributed by atoms with E-state index >= 15 is 0 Å². The number of nitrogens with zero attached hydrogens (tertiary/aromatic N) is 2. The third kappa shape index (κ3) is 1.91. The fourth-order valence-corrected chi connectivity index (χ4v) is 2.67. The first-order valence-electron chi connectivity index (χ1n) is 5.72. The average molecular weight is 259 g/mol. The highest BCUT2D eigenvalue weighted by Crippen LogP contribution is 2.29. The molecule has 92 valence electrons. The molecule has 18 heavy (non-hydrogen) atoms. The van der Waals surface area contributed by atoms with Crippen molar-refractivity contribution in [2.24, 2.45) is 0 Å². The maximum absolute atomic E-state index is 5.89. The molecule has 2 aromatic heterocycles. The molecule has 1 unspecified atom stereocenters. The Kier molecular flexibility index (Phi) is 2.85. The lowest BCUT2D eigenvalue weighted by atomic mass is 10.1. The number of rotatable bonds is 3. The first-order chi connectivity index (χ1) is 8.78. The molecule has 2 heterocycles. The van der Waals surface area contributed by atoms with Crippen LogP contribution in [0.4, 0.5) is 0 Å². The third-order valence-corrected chi connectivity index (χ3v) is 3.65. The summed E-state index contributed by atoms with van der Waals surface area (Å²) < 4.78 is 9.78. The van der Waals surface area contributed by atoms with Crippen LogP contribution in [-0.4, -0.2) is 16.6 Å². The van der Waals surface area contributed by atoms with Gasteiger partial charge in [0.15, 0.2) is 0 Å². The summed E-state index contributed by atoms with van der Waals surface area (Å²) in [7, 11) is 1.91. The highest BCUT2D eigenvalue weighted by Gasteiger charge is 2.18. The number of nitrogens with one attached hydrogen (secondary N) is 1. The molecule has 0 bridgehead atoms. The molecule has 0 fully saturated rings. The Balaban J connectivity index is 2.07. The Morgan fingerprint density at radius 1 is 1.33 bits per heavy atom. The SMILES string of the molecule is CNC(c1cc2cc(C)ccc2o1)c1cnns1. The molecule has 3 rings (SSSR count). The zero-order chi connectivity index (χ0) is 12.5. The van der Waals surface area contributed by atoms with Crippen LogP contribution in [0.1, 0.15) is 22.2 Å². The number of benzene rings is 1. The molecule has 0 aliphatic heterocycles. The summed E-state index contributed by atoms with van der Waals surface area (Å²) in [6.45, 7) is 2.08. The number of fused-ring (bicyclic) bond motifs is 1. The lowest BCUT2D eigenvalue weighted by molar-refractivity contribution is 0.495. The fourth-order valence-electron chi connectivity index (χ4n) is 2.05. The molecular formula is C13H13N3OS. The van der Waals surface area contributed by atoms with Gasteiger partial charge in [0.05, 0.1) is 11.1 Å². The van der Waals surface area contributed by atoms with Crippen molar-refractivity contribution < 1.29 is 4.42 Å². The van der Waals surface area contributed by atoms with Gasteiger partial charge in [-0.15, -0.1) is 5.10 Å². The molecule has 0 spiro atoms. The van der Waals surface area contributed by atoms with Gasteiger partial charge in [-0.3, -0.25) is 0 Å². The summed E-state index contributed by atoms with van der Waals surface area (Å²) in [6.07, 6.45) is 1.77. The fraction of sp³-hybridized carbons (Fsp3) is 0.231. The average Bonchev–Trinajstić information content (AvgIpc) is 2.98. The quantitative estimate of drug-likeness (QED) is 0.785. The predicted molar refractivity (Wildman–Crippen MR) is 71.8 cm³/mol. The van der Waals surface area contributed by atoms with Crippen molar-refractivity contribution in [2.75, 3.05) is 7.05 Å². The zero-order valence-corrected chi connectivity index (χ0v) is 11.0. The minimum absolute atomic E-state index is 0.0118. The molecule has 1 aromatic carbocycles. The van der Waals surface area contributed by atoms with Crippen LogP contribution in [0.2, 0.25) is 0 Å². The Morgan fingerprint density at radius 2 is 2.22 bits per heavy atom. The van der Waals surface area contributed by atoms with Gasteiger partial charge < -0.3 is 9.73 Å². The molecule has 0 saturated carbocycles. The van der Waals surface area contributed by atoms with Crippen LogP contribution in [0.15, 0.2) is 34.9 Å². The number of aromatic nitrogens is 2. The maximum Gasteiger partial charge on any atom is 0.134 e. The molecule has 0 saturated heterocycles. The lowest BCUT2D eigenvalue weighted by Crippen LogP contribution is -2.15. The standard InChI is InChI=1S/C13H13N3OS/c1-8-3-4-10-9(5-8)6-11(17-10)13(14-2)12-7-15-16-18-12/h3-7,13-14H,1-2H3. The largest absolute Gasteiger partial charge is 0.459 e. The van der Waals surface area contributed by atoms with Crippen LogP contribution >= 0.6 is 11.5 Å². The number of furan rings is 1. The molecular weight excluding hydrogens is 246 g/mol. The van der Waals surface area contributed by atoms with Gasteiger partial charge in [-0.05, 0) is 43.7 Å². The van der Waals surface area contributed by atoms with E-state index < -0.39 is 0 Å². The summed E-state index contributed by atoms with van der Waals surface area (Å²) in [5, 5.41) is 8.23. The van der Waals surface area contributed by atoms with Gasteiger partial charge in [0.2, 0.25) is 0 Å². The van der Waals surface area contributed by atoms with Gasteiger partial charge in [0.25, 0.3) is 0 Å². The Hall–Kier alpha value is -1.72. The van der Waals surface area contributed by atoms with Crippen molar-refractivity contribution in [3.05, 3.63) is 46.7 Å². The molecule has 1 atom stereocenters. The van der Waals surface area contributed by atoms with E-state index in [-0.39, 0.29) is 6.04 Å². The van der Waals surface area contributed by atoms with E-state index in [0.717, 1.165) is 21.6 Å². The molecule has 1 N–H and O–H groups in total. The van der Waals surface area contributed by atoms with Crippen LogP contribution in [0.5, 0.6) is 0 Å². The highest BCUT2D eigenvalue weighted by molar-refractivity contribution is 7.05. The highest BCUT2D eigenvalue weighted by atomic mass is 32.1. The number of hydrogen-bond acceptors (Lipinski definition) is 5. The van der Waals surface area contributed by atoms with Crippen molar-refractivity contribution in [3.63, 3.8) is 0 Å². The Bertz CT molecular complexity index is 660. The van der Waals surface area contributed by atoms with E-state index in [0.29, 0.717) is 0 Å². The van der Waals surface area contributed by atoms with E-state index in [4.69, 9.17) is 4.42 Å². The van der Waals surface area contributed by atoms with Gasteiger partial charge in [0, 0.05) is 5.39 Å². The number of aryl methyl sites for hydroxylation is 1. The molecule has 3 aromatic rings. The summed E-state index contributed by atoms with van der Waals surface area (Å²) >= 11 is 1.38. The van der Waals surface area contributed by atoms with Crippen LogP contribution in [0.25, 0.3) is 11.0 Å². The topological polar surface area (TPSA) is 51.0 Å². The van der Waals surface area contributed by atoms with Crippen LogP contribution < -0.4 is 5.32 Å². The Morgan fingerprint density at radius 3 is 2.94 bits per heavy atom. The molecule has 4 nitrogen and oxygen atoms in total. The second-order valence-corrected chi connectivity index (χ2v) is 5.05. The minimum atomic E-state index is 0.0118. The van der Waals surface area contributed by atoms with Crippen molar-refractivity contribution in [1.29, 1.82) is 0 Å². The molecule has 0 aliphatic rings. The summed E-state index contributed by atoms with van der Waals surface area (Å²) in [5.74, 6) is 0.893. The van der Waals surface area contributed by atoms with Crippen LogP contribution in [-0.2, 0) is 0 Å². The normalized spacial score (nSPS) is 13.0. The summed E-state index contributed by atoms with van der Waals surface area (Å²) in [5.41, 5.74) is 2.14. The van der Waals surface area contributed by atoms with E-state index in [9.17, 15) is 0 Å². The molecule has 0 radical (unpaired) electrons. The van der Waals surface area contributed by atoms with E-state index in [1.54, 1.807) is 6.20 Å². The first kappa shape index (κ1) is 11.4. The van der Waals surface area contributed by atoms with Crippen molar-refractivity contribution >= 4 is 22.5 Å². The third-order valence-electron chi connectivity index (χ3n) is 2.93. The summed E-state index contributed by atoms with van der Waals surface area (Å²) in [4.78, 5) is 1.05.